The topological polar surface area (TPSA) is 55.1 Å². The molecule has 0 saturated carbocycles. The lowest BCUT2D eigenvalue weighted by Gasteiger charge is -1.90. The van der Waals surface area contributed by atoms with E-state index in [1.54, 1.807) is 6.07 Å². The van der Waals surface area contributed by atoms with Gasteiger partial charge in [0.05, 0.1) is 7.76 Å². The zero-order valence-corrected chi connectivity index (χ0v) is 7.90. The molecule has 0 aliphatic heterocycles. The number of hydrogen-bond acceptors (Lipinski definition) is 3. The molecule has 1 amide bonds. The number of rotatable bonds is 1. The lowest BCUT2D eigenvalue weighted by Crippen LogP contribution is -2.29. The van der Waals surface area contributed by atoms with Gasteiger partial charge in [-0.25, -0.2) is 5.84 Å². The number of carbonyl (C=O) groups excluding carboxylic acids is 1. The standard InChI is InChI=1S/C5H5IN2OS/c6-4-2-1-3(10-4)5(9)8-7/h1-2H,7H2,(H,8,9). The lowest BCUT2D eigenvalue weighted by molar-refractivity contribution is 0.0957. The zero-order valence-electron chi connectivity index (χ0n) is 4.93. The van der Waals surface area contributed by atoms with Crippen molar-refractivity contribution in [1.82, 2.24) is 5.43 Å². The number of hydrazine groups is 1. The van der Waals surface area contributed by atoms with Crippen LogP contribution in [-0.2, 0) is 0 Å². The Hall–Kier alpha value is -0.140. The third-order valence-electron chi connectivity index (χ3n) is 0.928. The first-order chi connectivity index (χ1) is 4.74. The minimum absolute atomic E-state index is 0.229. The van der Waals surface area contributed by atoms with E-state index in [0.29, 0.717) is 4.88 Å². The molecule has 1 rings (SSSR count). The van der Waals surface area contributed by atoms with Gasteiger partial charge in [0.25, 0.3) is 5.91 Å². The molecule has 1 aromatic heterocycles. The predicted molar refractivity (Wildman–Crippen MR) is 48.7 cm³/mol. The number of thiophene rings is 1. The minimum atomic E-state index is -0.229. The van der Waals surface area contributed by atoms with Gasteiger partial charge < -0.3 is 0 Å². The predicted octanol–water partition coefficient (Wildman–Crippen LogP) is 0.956. The maximum Gasteiger partial charge on any atom is 0.275 e. The Morgan fingerprint density at radius 1 is 1.70 bits per heavy atom. The summed E-state index contributed by atoms with van der Waals surface area (Å²) in [6.07, 6.45) is 0. The van der Waals surface area contributed by atoms with Crippen molar-refractivity contribution < 1.29 is 4.79 Å². The molecule has 0 atom stereocenters. The van der Waals surface area contributed by atoms with E-state index in [4.69, 9.17) is 5.84 Å². The summed E-state index contributed by atoms with van der Waals surface area (Å²) in [5.41, 5.74) is 2.06. The average molecular weight is 268 g/mol. The Morgan fingerprint density at radius 3 is 2.80 bits per heavy atom. The molecular weight excluding hydrogens is 263 g/mol. The molecule has 0 saturated heterocycles. The molecule has 3 nitrogen and oxygen atoms in total. The summed E-state index contributed by atoms with van der Waals surface area (Å²) in [4.78, 5) is 11.4. The van der Waals surface area contributed by atoms with Gasteiger partial charge in [-0.1, -0.05) is 0 Å². The van der Waals surface area contributed by atoms with Gasteiger partial charge in [0, 0.05) is 0 Å². The van der Waals surface area contributed by atoms with Crippen LogP contribution in [0.3, 0.4) is 0 Å². The second-order valence-electron chi connectivity index (χ2n) is 1.58. The highest BCUT2D eigenvalue weighted by atomic mass is 127. The number of amides is 1. The summed E-state index contributed by atoms with van der Waals surface area (Å²) in [5, 5.41) is 0. The van der Waals surface area contributed by atoms with Crippen LogP contribution in [0.4, 0.5) is 0 Å². The maximum absolute atomic E-state index is 10.8. The van der Waals surface area contributed by atoms with Gasteiger partial charge in [0.2, 0.25) is 0 Å². The van der Waals surface area contributed by atoms with Gasteiger partial charge in [0.1, 0.15) is 0 Å². The van der Waals surface area contributed by atoms with E-state index in [0.717, 1.165) is 2.88 Å². The monoisotopic (exact) mass is 268 g/mol. The van der Waals surface area contributed by atoms with Crippen molar-refractivity contribution in [3.8, 4) is 0 Å². The summed E-state index contributed by atoms with van der Waals surface area (Å²) in [6, 6.07) is 3.62. The van der Waals surface area contributed by atoms with Gasteiger partial charge in [-0.05, 0) is 34.7 Å². The van der Waals surface area contributed by atoms with Crippen molar-refractivity contribution in [3.05, 3.63) is 19.9 Å². The fourth-order valence-electron chi connectivity index (χ4n) is 0.507. The van der Waals surface area contributed by atoms with Crippen molar-refractivity contribution in [2.45, 2.75) is 0 Å². The van der Waals surface area contributed by atoms with Gasteiger partial charge in [0.15, 0.2) is 0 Å². The number of carbonyl (C=O) groups is 1. The molecule has 5 heteroatoms. The molecule has 10 heavy (non-hydrogen) atoms. The summed E-state index contributed by atoms with van der Waals surface area (Å²) in [5.74, 6) is 4.69. The van der Waals surface area contributed by atoms with Crippen LogP contribution in [-0.4, -0.2) is 5.91 Å². The Kier molecular flexibility index (Phi) is 2.64. The van der Waals surface area contributed by atoms with Crippen LogP contribution in [0.5, 0.6) is 0 Å². The van der Waals surface area contributed by atoms with Crippen LogP contribution >= 0.6 is 33.9 Å². The Labute approximate surface area is 75.7 Å². The fourth-order valence-corrected chi connectivity index (χ4v) is 2.03. The number of nitrogen functional groups attached to an aromatic ring is 1. The SMILES string of the molecule is NNC(=O)c1ccc(I)s1. The van der Waals surface area contributed by atoms with E-state index in [1.165, 1.54) is 11.3 Å². The van der Waals surface area contributed by atoms with Crippen molar-refractivity contribution in [3.63, 3.8) is 0 Å². The first-order valence-corrected chi connectivity index (χ1v) is 4.40. The molecule has 54 valence electrons. The third kappa shape index (κ3) is 1.68. The smallest absolute Gasteiger partial charge is 0.275 e. The van der Waals surface area contributed by atoms with E-state index < -0.39 is 0 Å². The van der Waals surface area contributed by atoms with E-state index >= 15 is 0 Å². The van der Waals surface area contributed by atoms with E-state index in [2.05, 4.69) is 28.0 Å². The van der Waals surface area contributed by atoms with Crippen LogP contribution in [0, 0.1) is 2.88 Å². The number of nitrogens with two attached hydrogens (primary N) is 1. The molecule has 0 aromatic carbocycles. The summed E-state index contributed by atoms with van der Waals surface area (Å²) < 4.78 is 1.08. The molecule has 1 heterocycles. The van der Waals surface area contributed by atoms with Crippen LogP contribution in [0.2, 0.25) is 0 Å². The maximum atomic E-state index is 10.8. The summed E-state index contributed by atoms with van der Waals surface area (Å²) in [7, 11) is 0. The van der Waals surface area contributed by atoms with Crippen LogP contribution in [0.15, 0.2) is 12.1 Å². The van der Waals surface area contributed by atoms with E-state index in [1.807, 2.05) is 6.07 Å². The van der Waals surface area contributed by atoms with E-state index in [-0.39, 0.29) is 5.91 Å². The van der Waals surface area contributed by atoms with Crippen LogP contribution < -0.4 is 11.3 Å². The second-order valence-corrected chi connectivity index (χ2v) is 4.56. The van der Waals surface area contributed by atoms with Crippen LogP contribution in [0.1, 0.15) is 9.67 Å². The fraction of sp³-hybridized carbons (Fsp3) is 0. The first kappa shape index (κ1) is 7.96. The molecule has 0 radical (unpaired) electrons. The molecule has 0 spiro atoms. The average Bonchev–Trinajstić information content (AvgIpc) is 2.34. The highest BCUT2D eigenvalue weighted by Gasteiger charge is 2.04. The van der Waals surface area contributed by atoms with Crippen molar-refractivity contribution >= 4 is 39.8 Å². The quantitative estimate of drug-likeness (QED) is 0.345. The van der Waals surface area contributed by atoms with Crippen molar-refractivity contribution in [2.24, 2.45) is 5.84 Å². The minimum Gasteiger partial charge on any atom is -0.289 e. The zero-order chi connectivity index (χ0) is 7.56. The number of hydrogen-bond donors (Lipinski definition) is 2. The van der Waals surface area contributed by atoms with Crippen molar-refractivity contribution in [2.75, 3.05) is 0 Å². The highest BCUT2D eigenvalue weighted by Crippen LogP contribution is 2.17. The molecule has 1 aromatic rings. The molecule has 0 unspecified atom stereocenters. The van der Waals surface area contributed by atoms with Gasteiger partial charge in [-0.2, -0.15) is 0 Å². The Morgan fingerprint density at radius 2 is 2.40 bits per heavy atom. The normalized spacial score (nSPS) is 9.40. The van der Waals surface area contributed by atoms with E-state index in [9.17, 15) is 4.79 Å². The summed E-state index contributed by atoms with van der Waals surface area (Å²) in [6.45, 7) is 0. The van der Waals surface area contributed by atoms with Gasteiger partial charge in [-0.15, -0.1) is 11.3 Å². The second kappa shape index (κ2) is 3.31. The number of halogens is 1. The highest BCUT2D eigenvalue weighted by molar-refractivity contribution is 14.1. The lowest BCUT2D eigenvalue weighted by atomic mass is 10.5. The largest absolute Gasteiger partial charge is 0.289 e. The number of nitrogens with one attached hydrogen (secondary N) is 1. The molecule has 0 aliphatic rings. The Bertz CT molecular complexity index is 248. The summed E-state index contributed by atoms with van der Waals surface area (Å²) >= 11 is 3.56. The Balaban J connectivity index is 2.85. The van der Waals surface area contributed by atoms with Gasteiger partial charge in [-0.3, -0.25) is 10.2 Å². The van der Waals surface area contributed by atoms with Crippen molar-refractivity contribution in [1.29, 1.82) is 0 Å². The molecule has 0 aliphatic carbocycles. The molecular formula is C5H5IN2OS. The first-order valence-electron chi connectivity index (χ1n) is 2.50. The van der Waals surface area contributed by atoms with Gasteiger partial charge >= 0.3 is 0 Å². The molecule has 0 fully saturated rings. The molecule has 0 bridgehead atoms. The van der Waals surface area contributed by atoms with Crippen LogP contribution in [0.25, 0.3) is 0 Å². The molecule has 3 N–H and O–H groups in total. The third-order valence-corrected chi connectivity index (χ3v) is 2.82.